The number of benzene rings is 2. The third-order valence-electron chi connectivity index (χ3n) is 7.11. The molecule has 41 heavy (non-hydrogen) atoms. The lowest BCUT2D eigenvalue weighted by molar-refractivity contribution is -0.119. The normalized spacial score (nSPS) is 11.9. The molecule has 0 aliphatic rings. The molecule has 218 valence electrons. The van der Waals surface area contributed by atoms with Gasteiger partial charge in [0.2, 0.25) is 5.91 Å². The quantitative estimate of drug-likeness (QED) is 0.215. The van der Waals surface area contributed by atoms with E-state index >= 15 is 0 Å². The zero-order valence-electron chi connectivity index (χ0n) is 25.0. The molecule has 2 heterocycles. The highest BCUT2D eigenvalue weighted by molar-refractivity contribution is 7.90. The molecule has 1 amide bonds. The zero-order chi connectivity index (χ0) is 29.7. The van der Waals surface area contributed by atoms with Crippen LogP contribution in [0.4, 0.5) is 0 Å². The number of unbranched alkanes of at least 4 members (excludes halogenated alkanes) is 2. The number of imidazole rings is 1. The van der Waals surface area contributed by atoms with Crippen LogP contribution in [0.1, 0.15) is 67.7 Å². The molecule has 8 nitrogen and oxygen atoms in total. The number of carbonyl (C=O) groups excluding carboxylic acids is 1. The topological polar surface area (TPSA) is 97.2 Å². The monoisotopic (exact) mass is 575 g/mol. The van der Waals surface area contributed by atoms with Crippen LogP contribution in [0.15, 0.2) is 53.4 Å². The van der Waals surface area contributed by atoms with Crippen molar-refractivity contribution in [3.63, 3.8) is 0 Å². The van der Waals surface area contributed by atoms with Gasteiger partial charge >= 0.3 is 0 Å². The predicted molar refractivity (Wildman–Crippen MR) is 164 cm³/mol. The molecule has 4 aromatic rings. The maximum Gasteiger partial charge on any atom is 0.264 e. The molecule has 2 aromatic carbocycles. The van der Waals surface area contributed by atoms with Crippen LogP contribution in [0.3, 0.4) is 0 Å². The Hall–Kier alpha value is -3.56. The number of pyridine rings is 1. The molecule has 1 N–H and O–H groups in total. The second-order valence-electron chi connectivity index (χ2n) is 11.0. The average molecular weight is 576 g/mol. The number of sulfonamides is 1. The largest absolute Gasteiger partial charge is 0.308 e. The Kier molecular flexibility index (Phi) is 9.60. The van der Waals surface area contributed by atoms with Crippen LogP contribution in [0.2, 0.25) is 0 Å². The first-order valence-corrected chi connectivity index (χ1v) is 15.8. The van der Waals surface area contributed by atoms with Gasteiger partial charge in [-0.05, 0) is 74.8 Å². The number of nitrogens with one attached hydrogen (secondary N) is 1. The van der Waals surface area contributed by atoms with Gasteiger partial charge in [-0.1, -0.05) is 57.0 Å². The van der Waals surface area contributed by atoms with E-state index in [1.807, 2.05) is 63.2 Å². The highest BCUT2D eigenvalue weighted by Gasteiger charge is 2.23. The van der Waals surface area contributed by atoms with Gasteiger partial charge in [0.05, 0.1) is 11.4 Å². The molecule has 0 atom stereocenters. The van der Waals surface area contributed by atoms with Gasteiger partial charge in [-0.15, -0.1) is 0 Å². The van der Waals surface area contributed by atoms with E-state index in [1.165, 1.54) is 0 Å². The van der Waals surface area contributed by atoms with Gasteiger partial charge in [0.15, 0.2) is 5.65 Å². The van der Waals surface area contributed by atoms with Crippen molar-refractivity contribution in [2.75, 3.05) is 14.1 Å². The molecule has 2 aromatic heterocycles. The summed E-state index contributed by atoms with van der Waals surface area (Å²) in [6.45, 7) is 9.46. The smallest absolute Gasteiger partial charge is 0.264 e. The molecule has 0 fully saturated rings. The highest BCUT2D eigenvalue weighted by Crippen LogP contribution is 2.30. The number of aryl methyl sites for hydroxylation is 3. The second-order valence-corrected chi connectivity index (χ2v) is 12.6. The van der Waals surface area contributed by atoms with E-state index in [4.69, 9.17) is 9.97 Å². The molecule has 0 spiro atoms. The van der Waals surface area contributed by atoms with Crippen LogP contribution in [0.5, 0.6) is 0 Å². The van der Waals surface area contributed by atoms with Crippen molar-refractivity contribution in [3.05, 3.63) is 76.7 Å². The number of amides is 1. The van der Waals surface area contributed by atoms with Crippen LogP contribution < -0.4 is 4.72 Å². The summed E-state index contributed by atoms with van der Waals surface area (Å²) in [4.78, 5) is 24.2. The molecule has 4 rings (SSSR count). The van der Waals surface area contributed by atoms with E-state index < -0.39 is 15.9 Å². The molecule has 0 unspecified atom stereocenters. The highest BCUT2D eigenvalue weighted by atomic mass is 32.2. The fourth-order valence-electron chi connectivity index (χ4n) is 5.15. The van der Waals surface area contributed by atoms with Crippen LogP contribution in [0.25, 0.3) is 22.3 Å². The summed E-state index contributed by atoms with van der Waals surface area (Å²) in [6.07, 6.45) is 3.48. The van der Waals surface area contributed by atoms with Crippen LogP contribution >= 0.6 is 0 Å². The Balaban J connectivity index is 1.68. The van der Waals surface area contributed by atoms with Crippen molar-refractivity contribution in [2.45, 2.75) is 77.8 Å². The SMILES string of the molecule is CCCCCC(=O)NS(=O)(=O)c1ccc(CN(C)C)cc1-c1ccc(Cn2c(CC)nc3c(C)cc(C)nc32)cc1. The zero-order valence-corrected chi connectivity index (χ0v) is 25.8. The Morgan fingerprint density at radius 3 is 2.32 bits per heavy atom. The maximum absolute atomic E-state index is 13.4. The van der Waals surface area contributed by atoms with E-state index in [2.05, 4.69) is 29.2 Å². The van der Waals surface area contributed by atoms with Crippen LogP contribution in [-0.2, 0) is 34.3 Å². The minimum absolute atomic E-state index is 0.0978. The number of rotatable bonds is 12. The Morgan fingerprint density at radius 1 is 0.951 bits per heavy atom. The van der Waals surface area contributed by atoms with Gasteiger partial charge in [-0.2, -0.15) is 0 Å². The van der Waals surface area contributed by atoms with E-state index in [0.29, 0.717) is 25.1 Å². The standard InChI is InChI=1S/C32H41N5O3S/c1-7-9-10-11-30(38)35-41(39,40)28-17-14-25(20-36(5)6)19-27(28)26-15-12-24(13-16-26)21-37-29(8-2)34-31-22(3)18-23(4)33-32(31)37/h12-19H,7-11,20-21H2,1-6H3,(H,35,38). The van der Waals surface area contributed by atoms with Gasteiger partial charge in [0.1, 0.15) is 11.3 Å². The number of nitrogens with zero attached hydrogens (tertiary/aromatic N) is 4. The summed E-state index contributed by atoms with van der Waals surface area (Å²) in [5.41, 5.74) is 7.25. The van der Waals surface area contributed by atoms with E-state index in [9.17, 15) is 13.2 Å². The first-order chi connectivity index (χ1) is 19.5. The molecule has 9 heteroatoms. The summed E-state index contributed by atoms with van der Waals surface area (Å²) in [5.74, 6) is 0.500. The number of carbonyl (C=O) groups is 1. The third-order valence-corrected chi connectivity index (χ3v) is 8.54. The average Bonchev–Trinajstić information content (AvgIpc) is 3.26. The predicted octanol–water partition coefficient (Wildman–Crippen LogP) is 5.77. The minimum atomic E-state index is -4.05. The van der Waals surface area contributed by atoms with E-state index in [1.54, 1.807) is 12.1 Å². The summed E-state index contributed by atoms with van der Waals surface area (Å²) in [5, 5.41) is 0. The molecular weight excluding hydrogens is 534 g/mol. The van der Waals surface area contributed by atoms with Crippen molar-refractivity contribution in [1.29, 1.82) is 0 Å². The lowest BCUT2D eigenvalue weighted by Gasteiger charge is -2.16. The van der Waals surface area contributed by atoms with Gasteiger partial charge < -0.3 is 9.47 Å². The number of hydrogen-bond acceptors (Lipinski definition) is 6. The molecule has 0 aliphatic heterocycles. The van der Waals surface area contributed by atoms with Gasteiger partial charge in [0.25, 0.3) is 10.0 Å². The Morgan fingerprint density at radius 2 is 1.66 bits per heavy atom. The Bertz CT molecular complexity index is 1640. The number of aromatic nitrogens is 3. The maximum atomic E-state index is 13.4. The fourth-order valence-corrected chi connectivity index (χ4v) is 6.37. The molecule has 0 bridgehead atoms. The van der Waals surface area contributed by atoms with Gasteiger partial charge in [-0.25, -0.2) is 23.1 Å². The molecule has 0 saturated heterocycles. The Labute approximate surface area is 243 Å². The summed E-state index contributed by atoms with van der Waals surface area (Å²) >= 11 is 0. The number of fused-ring (bicyclic) bond motifs is 1. The molecule has 0 radical (unpaired) electrons. The van der Waals surface area contributed by atoms with Crippen molar-refractivity contribution in [3.8, 4) is 11.1 Å². The summed E-state index contributed by atoms with van der Waals surface area (Å²) < 4.78 is 31.2. The third kappa shape index (κ3) is 7.21. The number of hydrogen-bond donors (Lipinski definition) is 1. The summed E-state index contributed by atoms with van der Waals surface area (Å²) in [6, 6.07) is 15.3. The second kappa shape index (κ2) is 13.0. The van der Waals surface area contributed by atoms with Crippen LogP contribution in [-0.4, -0.2) is 47.9 Å². The lowest BCUT2D eigenvalue weighted by Crippen LogP contribution is -2.30. The molecule has 0 saturated carbocycles. The van der Waals surface area contributed by atoms with Gasteiger partial charge in [-0.3, -0.25) is 4.79 Å². The van der Waals surface area contributed by atoms with Gasteiger partial charge in [0, 0.05) is 30.6 Å². The van der Waals surface area contributed by atoms with Crippen molar-refractivity contribution in [2.24, 2.45) is 0 Å². The van der Waals surface area contributed by atoms with Crippen molar-refractivity contribution in [1.82, 2.24) is 24.2 Å². The summed E-state index contributed by atoms with van der Waals surface area (Å²) in [7, 11) is -0.107. The van der Waals surface area contributed by atoms with E-state index in [0.717, 1.165) is 64.2 Å². The first-order valence-electron chi connectivity index (χ1n) is 14.3. The first kappa shape index (κ1) is 30.4. The molecule has 0 aliphatic carbocycles. The van der Waals surface area contributed by atoms with E-state index in [-0.39, 0.29) is 11.3 Å². The van der Waals surface area contributed by atoms with Crippen molar-refractivity contribution < 1.29 is 13.2 Å². The van der Waals surface area contributed by atoms with Crippen LogP contribution in [0, 0.1) is 13.8 Å². The van der Waals surface area contributed by atoms with Crippen molar-refractivity contribution >= 4 is 27.1 Å². The minimum Gasteiger partial charge on any atom is -0.308 e. The molecular formula is C32H41N5O3S. The lowest BCUT2D eigenvalue weighted by atomic mass is 10.0. The fraction of sp³-hybridized carbons (Fsp3) is 0.406.